The lowest BCUT2D eigenvalue weighted by molar-refractivity contribution is 0.0696. The molecule has 1 fully saturated rings. The second-order valence-electron chi connectivity index (χ2n) is 10.6. The first-order valence-corrected chi connectivity index (χ1v) is 13.5. The summed E-state index contributed by atoms with van der Waals surface area (Å²) in [6, 6.07) is 13.9. The van der Waals surface area contributed by atoms with E-state index in [1.165, 1.54) is 6.07 Å². The smallest absolute Gasteiger partial charge is 0.335 e. The number of aromatic carboxylic acids is 1. The summed E-state index contributed by atoms with van der Waals surface area (Å²) in [6.45, 7) is 2.25. The first kappa shape index (κ1) is 28.0. The zero-order valence-electron chi connectivity index (χ0n) is 21.9. The van der Waals surface area contributed by atoms with Crippen LogP contribution in [-0.2, 0) is 12.8 Å². The van der Waals surface area contributed by atoms with Gasteiger partial charge in [-0.15, -0.1) is 0 Å². The van der Waals surface area contributed by atoms with Gasteiger partial charge in [0.1, 0.15) is 0 Å². The van der Waals surface area contributed by atoms with Crippen molar-refractivity contribution in [1.29, 1.82) is 0 Å². The van der Waals surface area contributed by atoms with Crippen molar-refractivity contribution in [3.05, 3.63) is 105 Å². The molecule has 0 radical (unpaired) electrons. The molecule has 2 aliphatic rings. The van der Waals surface area contributed by atoms with Gasteiger partial charge in [0, 0.05) is 30.8 Å². The van der Waals surface area contributed by atoms with Crippen LogP contribution in [0.3, 0.4) is 0 Å². The van der Waals surface area contributed by atoms with Gasteiger partial charge in [-0.05, 0) is 95.7 Å². The third kappa shape index (κ3) is 5.68. The number of aryl methyl sites for hydroxylation is 1. The first-order chi connectivity index (χ1) is 19.3. The van der Waals surface area contributed by atoms with Gasteiger partial charge in [-0.3, -0.25) is 4.39 Å². The van der Waals surface area contributed by atoms with Gasteiger partial charge in [0.25, 0.3) is 6.43 Å². The van der Waals surface area contributed by atoms with Crippen LogP contribution >= 0.6 is 0 Å². The molecule has 0 amide bonds. The summed E-state index contributed by atoms with van der Waals surface area (Å²) in [5.74, 6) is -3.14. The van der Waals surface area contributed by atoms with Gasteiger partial charge >= 0.3 is 5.97 Å². The minimum atomic E-state index is -3.01. The Morgan fingerprint density at radius 2 is 1.75 bits per heavy atom. The standard InChI is InChI=1S/C32H30F5NO2/c33-13-2-14-38-17-20(18-38)15-19-5-7-21(8-6-19)28-24-10-9-23(32(39)40)16-22(24)3-1-4-25(28)29-26(31(36)37)11-12-27(34)30(29)35/h5-12,16,20,31H,1-4,13-15,17-18H2,(H,39,40). The highest BCUT2D eigenvalue weighted by Gasteiger charge is 2.29. The number of carboxylic acid groups (broad SMARTS) is 1. The third-order valence-electron chi connectivity index (χ3n) is 7.87. The van der Waals surface area contributed by atoms with Crippen molar-refractivity contribution >= 4 is 17.1 Å². The molecule has 8 heteroatoms. The molecule has 40 heavy (non-hydrogen) atoms. The van der Waals surface area contributed by atoms with Gasteiger partial charge in [-0.2, -0.15) is 0 Å². The quantitative estimate of drug-likeness (QED) is 0.275. The zero-order valence-corrected chi connectivity index (χ0v) is 21.9. The van der Waals surface area contributed by atoms with E-state index in [1.54, 1.807) is 12.1 Å². The van der Waals surface area contributed by atoms with Crippen molar-refractivity contribution in [2.45, 2.75) is 38.5 Å². The Hall–Kier alpha value is -3.52. The van der Waals surface area contributed by atoms with Crippen LogP contribution in [0.2, 0.25) is 0 Å². The fourth-order valence-electron chi connectivity index (χ4n) is 5.97. The van der Waals surface area contributed by atoms with Crippen molar-refractivity contribution in [3.8, 4) is 0 Å². The summed E-state index contributed by atoms with van der Waals surface area (Å²) >= 11 is 0. The average Bonchev–Trinajstić information content (AvgIpc) is 3.10. The molecule has 0 atom stereocenters. The molecule has 3 nitrogen and oxygen atoms in total. The van der Waals surface area contributed by atoms with Crippen molar-refractivity contribution in [1.82, 2.24) is 4.90 Å². The summed E-state index contributed by atoms with van der Waals surface area (Å²) in [5.41, 5.74) is 2.97. The predicted molar refractivity (Wildman–Crippen MR) is 144 cm³/mol. The molecule has 0 bridgehead atoms. The largest absolute Gasteiger partial charge is 0.478 e. The number of carbonyl (C=O) groups is 1. The highest BCUT2D eigenvalue weighted by molar-refractivity contribution is 6.01. The monoisotopic (exact) mass is 555 g/mol. The number of fused-ring (bicyclic) bond motifs is 1. The van der Waals surface area contributed by atoms with E-state index in [4.69, 9.17) is 0 Å². The van der Waals surface area contributed by atoms with Crippen LogP contribution in [0.25, 0.3) is 11.1 Å². The van der Waals surface area contributed by atoms with Crippen LogP contribution in [-0.4, -0.2) is 42.3 Å². The summed E-state index contributed by atoms with van der Waals surface area (Å²) in [4.78, 5) is 13.9. The van der Waals surface area contributed by atoms with E-state index in [2.05, 4.69) is 4.90 Å². The van der Waals surface area contributed by atoms with E-state index >= 15 is 4.39 Å². The Morgan fingerprint density at radius 1 is 1.00 bits per heavy atom. The third-order valence-corrected chi connectivity index (χ3v) is 7.87. The molecule has 5 rings (SSSR count). The number of alkyl halides is 3. The molecule has 1 aliphatic carbocycles. The van der Waals surface area contributed by atoms with Crippen molar-refractivity contribution in [3.63, 3.8) is 0 Å². The van der Waals surface area contributed by atoms with E-state index < -0.39 is 35.2 Å². The number of likely N-dealkylation sites (tertiary alicyclic amines) is 1. The maximum absolute atomic E-state index is 15.3. The maximum atomic E-state index is 15.3. The Labute approximate surface area is 229 Å². The normalized spacial score (nSPS) is 16.1. The summed E-state index contributed by atoms with van der Waals surface area (Å²) < 4.78 is 70.3. The molecule has 1 aliphatic heterocycles. The molecule has 0 aromatic heterocycles. The Kier molecular flexibility index (Phi) is 8.35. The minimum absolute atomic E-state index is 0.100. The minimum Gasteiger partial charge on any atom is -0.478 e. The number of nitrogens with zero attached hydrogens (tertiary/aromatic N) is 1. The number of halogens is 5. The molecule has 0 unspecified atom stereocenters. The van der Waals surface area contributed by atoms with Crippen LogP contribution < -0.4 is 0 Å². The van der Waals surface area contributed by atoms with Crippen LogP contribution in [0.4, 0.5) is 22.0 Å². The summed E-state index contributed by atoms with van der Waals surface area (Å²) in [6.07, 6.45) is -0.510. The molecular weight excluding hydrogens is 525 g/mol. The molecule has 3 aromatic carbocycles. The number of benzene rings is 3. The number of hydrogen-bond acceptors (Lipinski definition) is 2. The second-order valence-corrected chi connectivity index (χ2v) is 10.6. The van der Waals surface area contributed by atoms with Gasteiger partial charge in [0.05, 0.1) is 12.2 Å². The molecule has 0 spiro atoms. The van der Waals surface area contributed by atoms with Crippen LogP contribution in [0, 0.1) is 17.6 Å². The van der Waals surface area contributed by atoms with Gasteiger partial charge in [-0.1, -0.05) is 30.3 Å². The zero-order chi connectivity index (χ0) is 28.4. The molecule has 0 saturated carbocycles. The van der Waals surface area contributed by atoms with Crippen LogP contribution in [0.15, 0.2) is 54.6 Å². The maximum Gasteiger partial charge on any atom is 0.335 e. The molecule has 3 aromatic rings. The van der Waals surface area contributed by atoms with E-state index in [9.17, 15) is 27.5 Å². The van der Waals surface area contributed by atoms with Crippen molar-refractivity contribution in [2.24, 2.45) is 5.92 Å². The fourth-order valence-corrected chi connectivity index (χ4v) is 5.97. The first-order valence-electron chi connectivity index (χ1n) is 13.5. The summed E-state index contributed by atoms with van der Waals surface area (Å²) in [5, 5.41) is 9.51. The topological polar surface area (TPSA) is 40.5 Å². The van der Waals surface area contributed by atoms with E-state index in [0.29, 0.717) is 47.4 Å². The lowest BCUT2D eigenvalue weighted by Crippen LogP contribution is -2.47. The van der Waals surface area contributed by atoms with Crippen LogP contribution in [0.5, 0.6) is 0 Å². The Bertz CT molecular complexity index is 1430. The van der Waals surface area contributed by atoms with Crippen molar-refractivity contribution in [2.75, 3.05) is 26.3 Å². The highest BCUT2D eigenvalue weighted by atomic mass is 19.3. The van der Waals surface area contributed by atoms with Gasteiger partial charge < -0.3 is 10.0 Å². The highest BCUT2D eigenvalue weighted by Crippen LogP contribution is 2.44. The van der Waals surface area contributed by atoms with Gasteiger partial charge in [0.2, 0.25) is 0 Å². The Morgan fingerprint density at radius 3 is 2.42 bits per heavy atom. The number of hydrogen-bond donors (Lipinski definition) is 1. The number of allylic oxidation sites excluding steroid dienone is 1. The van der Waals surface area contributed by atoms with Crippen molar-refractivity contribution < 1.29 is 31.9 Å². The predicted octanol–water partition coefficient (Wildman–Crippen LogP) is 7.73. The second kappa shape index (κ2) is 11.9. The van der Waals surface area contributed by atoms with E-state index in [-0.39, 0.29) is 24.2 Å². The molecule has 1 N–H and O–H groups in total. The number of carboxylic acids is 1. The lowest BCUT2D eigenvalue weighted by atomic mass is 9.84. The van der Waals surface area contributed by atoms with Gasteiger partial charge in [-0.25, -0.2) is 22.4 Å². The van der Waals surface area contributed by atoms with E-state index in [0.717, 1.165) is 43.8 Å². The summed E-state index contributed by atoms with van der Waals surface area (Å²) in [7, 11) is 0. The average molecular weight is 556 g/mol. The fraction of sp³-hybridized carbons (Fsp3) is 0.344. The lowest BCUT2D eigenvalue weighted by Gasteiger charge is -2.39. The molecule has 1 saturated heterocycles. The SMILES string of the molecule is O=C(O)c1ccc2c(c1)CCCC(c1c(C(F)F)ccc(F)c1F)=C2c1ccc(CC2CN(CCCF)C2)cc1. The molecular formula is C32H30F5NO2. The van der Waals surface area contributed by atoms with E-state index in [1.807, 2.05) is 24.3 Å². The van der Waals surface area contributed by atoms with Crippen LogP contribution in [0.1, 0.15) is 69.4 Å². The van der Waals surface area contributed by atoms with Gasteiger partial charge in [0.15, 0.2) is 11.6 Å². The Balaban J connectivity index is 1.58. The number of rotatable bonds is 9. The molecule has 210 valence electrons. The molecule has 1 heterocycles.